The topological polar surface area (TPSA) is 64.6 Å². The fourth-order valence-corrected chi connectivity index (χ4v) is 2.47. The monoisotopic (exact) mass is 339 g/mol. The van der Waals surface area contributed by atoms with Crippen LogP contribution in [0, 0.1) is 11.8 Å². The molecule has 0 bridgehead atoms. The Morgan fingerprint density at radius 2 is 1.76 bits per heavy atom. The van der Waals surface area contributed by atoms with Gasteiger partial charge in [-0.1, -0.05) is 37.3 Å². The lowest BCUT2D eigenvalue weighted by atomic mass is 10.2. The molecule has 0 heterocycles. The van der Waals surface area contributed by atoms with Crippen LogP contribution in [0.4, 0.5) is 5.69 Å². The molecule has 130 valence electrons. The van der Waals surface area contributed by atoms with E-state index in [9.17, 15) is 9.59 Å². The van der Waals surface area contributed by atoms with Crippen LogP contribution >= 0.6 is 0 Å². The van der Waals surface area contributed by atoms with E-state index in [1.807, 2.05) is 37.3 Å². The van der Waals surface area contributed by atoms with Gasteiger partial charge in [0.1, 0.15) is 12.4 Å². The fourth-order valence-electron chi connectivity index (χ4n) is 2.47. The summed E-state index contributed by atoms with van der Waals surface area (Å²) in [5.74, 6) is 0.427. The van der Waals surface area contributed by atoms with Gasteiger partial charge >= 0.3 is 5.97 Å². The first-order valence-corrected chi connectivity index (χ1v) is 8.35. The van der Waals surface area contributed by atoms with Gasteiger partial charge in [-0.2, -0.15) is 0 Å². The lowest BCUT2D eigenvalue weighted by Gasteiger charge is -2.09. The average Bonchev–Trinajstić information content (AvgIpc) is 3.37. The first-order valence-electron chi connectivity index (χ1n) is 8.35. The van der Waals surface area contributed by atoms with E-state index in [-0.39, 0.29) is 24.4 Å². The SMILES string of the molecule is C[C@@H]1C[C@H]1C(=O)OCC(=O)Nc1ccc(OCc2ccccc2)cc1. The Balaban J connectivity index is 1.42. The first kappa shape index (κ1) is 17.0. The van der Waals surface area contributed by atoms with Gasteiger partial charge < -0.3 is 14.8 Å². The number of benzene rings is 2. The van der Waals surface area contributed by atoms with Crippen molar-refractivity contribution in [3.05, 3.63) is 60.2 Å². The standard InChI is InChI=1S/C20H21NO4/c1-14-11-18(14)20(23)25-13-19(22)21-16-7-9-17(10-8-16)24-12-15-5-3-2-4-6-15/h2-10,14,18H,11-13H2,1H3,(H,21,22)/t14-,18-/m1/s1. The third-order valence-corrected chi connectivity index (χ3v) is 4.14. The largest absolute Gasteiger partial charge is 0.489 e. The number of hydrogen-bond acceptors (Lipinski definition) is 4. The second kappa shape index (κ2) is 7.83. The summed E-state index contributed by atoms with van der Waals surface area (Å²) in [7, 11) is 0. The molecule has 2 aromatic carbocycles. The van der Waals surface area contributed by atoms with Gasteiger partial charge in [-0.15, -0.1) is 0 Å². The third kappa shape index (κ3) is 5.08. The molecule has 1 fully saturated rings. The van der Waals surface area contributed by atoms with Gasteiger partial charge in [-0.3, -0.25) is 9.59 Å². The van der Waals surface area contributed by atoms with E-state index in [1.165, 1.54) is 0 Å². The zero-order valence-corrected chi connectivity index (χ0v) is 14.1. The van der Waals surface area contributed by atoms with Gasteiger partial charge in [-0.25, -0.2) is 0 Å². The summed E-state index contributed by atoms with van der Waals surface area (Å²) in [6.45, 7) is 2.23. The number of ether oxygens (including phenoxy) is 2. The molecule has 0 unspecified atom stereocenters. The molecule has 1 aliphatic carbocycles. The number of nitrogens with one attached hydrogen (secondary N) is 1. The van der Waals surface area contributed by atoms with Crippen LogP contribution in [-0.2, 0) is 20.9 Å². The van der Waals surface area contributed by atoms with Crippen LogP contribution in [0.2, 0.25) is 0 Å². The van der Waals surface area contributed by atoms with E-state index >= 15 is 0 Å². The number of anilines is 1. The molecule has 0 saturated heterocycles. The molecule has 5 heteroatoms. The molecule has 0 spiro atoms. The van der Waals surface area contributed by atoms with Gasteiger partial charge in [-0.05, 0) is 42.2 Å². The van der Waals surface area contributed by atoms with Crippen molar-refractivity contribution < 1.29 is 19.1 Å². The number of carbonyl (C=O) groups is 2. The van der Waals surface area contributed by atoms with E-state index in [1.54, 1.807) is 24.3 Å². The molecule has 5 nitrogen and oxygen atoms in total. The van der Waals surface area contributed by atoms with Crippen molar-refractivity contribution in [1.29, 1.82) is 0 Å². The summed E-state index contributed by atoms with van der Waals surface area (Å²) in [5, 5.41) is 2.70. The van der Waals surface area contributed by atoms with Crippen LogP contribution in [0.1, 0.15) is 18.9 Å². The molecule has 1 N–H and O–H groups in total. The maximum Gasteiger partial charge on any atom is 0.309 e. The van der Waals surface area contributed by atoms with Crippen LogP contribution < -0.4 is 10.1 Å². The highest BCUT2D eigenvalue weighted by atomic mass is 16.5. The summed E-state index contributed by atoms with van der Waals surface area (Å²) in [6, 6.07) is 17.0. The number of hydrogen-bond donors (Lipinski definition) is 1. The van der Waals surface area contributed by atoms with Crippen LogP contribution in [0.15, 0.2) is 54.6 Å². The molecule has 1 aliphatic rings. The lowest BCUT2D eigenvalue weighted by Crippen LogP contribution is -2.21. The van der Waals surface area contributed by atoms with E-state index < -0.39 is 0 Å². The molecule has 1 amide bonds. The molecular formula is C20H21NO4. The van der Waals surface area contributed by atoms with Crippen LogP contribution in [-0.4, -0.2) is 18.5 Å². The third-order valence-electron chi connectivity index (χ3n) is 4.14. The summed E-state index contributed by atoms with van der Waals surface area (Å²) < 4.78 is 10.7. The molecule has 0 radical (unpaired) electrons. The predicted molar refractivity (Wildman–Crippen MR) is 94.1 cm³/mol. The van der Waals surface area contributed by atoms with Crippen LogP contribution in [0.25, 0.3) is 0 Å². The van der Waals surface area contributed by atoms with Crippen molar-refractivity contribution in [1.82, 2.24) is 0 Å². The van der Waals surface area contributed by atoms with Crippen molar-refractivity contribution in [3.63, 3.8) is 0 Å². The lowest BCUT2D eigenvalue weighted by molar-refractivity contribution is -0.148. The fraction of sp³-hybridized carbons (Fsp3) is 0.300. The summed E-state index contributed by atoms with van der Waals surface area (Å²) in [4.78, 5) is 23.4. The Kier molecular flexibility index (Phi) is 5.33. The minimum Gasteiger partial charge on any atom is -0.489 e. The van der Waals surface area contributed by atoms with Crippen molar-refractivity contribution >= 4 is 17.6 Å². The molecule has 1 saturated carbocycles. The quantitative estimate of drug-likeness (QED) is 0.785. The Labute approximate surface area is 147 Å². The summed E-state index contributed by atoms with van der Waals surface area (Å²) in [5.41, 5.74) is 1.72. The molecule has 0 aliphatic heterocycles. The molecule has 0 aromatic heterocycles. The Morgan fingerprint density at radius 3 is 2.40 bits per heavy atom. The van der Waals surface area contributed by atoms with E-state index in [0.717, 1.165) is 17.7 Å². The van der Waals surface area contributed by atoms with Gasteiger partial charge in [0.05, 0.1) is 5.92 Å². The normalized spacial score (nSPS) is 18.3. The second-order valence-electron chi connectivity index (χ2n) is 6.27. The van der Waals surface area contributed by atoms with Crippen molar-refractivity contribution in [2.75, 3.05) is 11.9 Å². The zero-order chi connectivity index (χ0) is 17.6. The average molecular weight is 339 g/mol. The Bertz CT molecular complexity index is 727. The van der Waals surface area contributed by atoms with Crippen molar-refractivity contribution in [2.24, 2.45) is 11.8 Å². The minimum absolute atomic E-state index is 0.0335. The van der Waals surface area contributed by atoms with Gasteiger partial charge in [0.15, 0.2) is 6.61 Å². The van der Waals surface area contributed by atoms with Crippen molar-refractivity contribution in [2.45, 2.75) is 20.0 Å². The number of esters is 1. The highest BCUT2D eigenvalue weighted by molar-refractivity contribution is 5.93. The maximum atomic E-state index is 11.8. The number of carbonyl (C=O) groups excluding carboxylic acids is 2. The van der Waals surface area contributed by atoms with Gasteiger partial charge in [0.2, 0.25) is 0 Å². The summed E-state index contributed by atoms with van der Waals surface area (Å²) >= 11 is 0. The molecular weight excluding hydrogens is 318 g/mol. The van der Waals surface area contributed by atoms with Crippen molar-refractivity contribution in [3.8, 4) is 5.75 Å². The number of amides is 1. The molecule has 3 rings (SSSR count). The van der Waals surface area contributed by atoms with Crippen LogP contribution in [0.5, 0.6) is 5.75 Å². The van der Waals surface area contributed by atoms with Gasteiger partial charge in [0, 0.05) is 5.69 Å². The highest BCUT2D eigenvalue weighted by Crippen LogP contribution is 2.38. The van der Waals surface area contributed by atoms with Gasteiger partial charge in [0.25, 0.3) is 5.91 Å². The maximum absolute atomic E-state index is 11.8. The highest BCUT2D eigenvalue weighted by Gasteiger charge is 2.40. The second-order valence-corrected chi connectivity index (χ2v) is 6.27. The Morgan fingerprint density at radius 1 is 1.08 bits per heavy atom. The zero-order valence-electron chi connectivity index (χ0n) is 14.1. The van der Waals surface area contributed by atoms with E-state index in [0.29, 0.717) is 18.2 Å². The Hall–Kier alpha value is -2.82. The van der Waals surface area contributed by atoms with E-state index in [4.69, 9.17) is 9.47 Å². The predicted octanol–water partition coefficient (Wildman–Crippen LogP) is 3.40. The molecule has 25 heavy (non-hydrogen) atoms. The first-order chi connectivity index (χ1) is 12.1. The van der Waals surface area contributed by atoms with Crippen LogP contribution in [0.3, 0.4) is 0 Å². The van der Waals surface area contributed by atoms with E-state index in [2.05, 4.69) is 5.32 Å². The molecule has 2 atom stereocenters. The smallest absolute Gasteiger partial charge is 0.309 e. The minimum atomic E-state index is -0.348. The number of rotatable bonds is 7. The summed E-state index contributed by atoms with van der Waals surface area (Å²) in [6.07, 6.45) is 0.852. The molecule has 2 aromatic rings.